The lowest BCUT2D eigenvalue weighted by atomic mass is 10.1. The topological polar surface area (TPSA) is 29.1 Å². The molecule has 0 aromatic heterocycles. The predicted molar refractivity (Wildman–Crippen MR) is 63.2 cm³/mol. The summed E-state index contributed by atoms with van der Waals surface area (Å²) in [4.78, 5) is 11.1. The highest BCUT2D eigenvalue weighted by Crippen LogP contribution is 2.03. The standard InChI is InChI=1S/C12H16ClNO/c1-10-3-2-4-11(9-10)6-8-14-12(15)5-7-13/h2-4,9H,5-8H2,1H3,(H,14,15). The molecule has 0 heterocycles. The van der Waals surface area contributed by atoms with Gasteiger partial charge in [0.25, 0.3) is 0 Å². The normalized spacial score (nSPS) is 10.0. The first-order valence-electron chi connectivity index (χ1n) is 5.10. The van der Waals surface area contributed by atoms with E-state index in [0.29, 0.717) is 18.8 Å². The van der Waals surface area contributed by atoms with Crippen LogP contribution < -0.4 is 5.32 Å². The van der Waals surface area contributed by atoms with E-state index in [-0.39, 0.29) is 5.91 Å². The second-order valence-electron chi connectivity index (χ2n) is 3.53. The molecule has 0 atom stereocenters. The van der Waals surface area contributed by atoms with Crippen molar-refractivity contribution in [2.75, 3.05) is 12.4 Å². The molecule has 1 aromatic carbocycles. The molecule has 3 heteroatoms. The van der Waals surface area contributed by atoms with Crippen LogP contribution in [0.2, 0.25) is 0 Å². The molecule has 0 saturated heterocycles. The zero-order valence-corrected chi connectivity index (χ0v) is 9.68. The van der Waals surface area contributed by atoms with Crippen molar-refractivity contribution in [2.45, 2.75) is 19.8 Å². The lowest BCUT2D eigenvalue weighted by molar-refractivity contribution is -0.120. The molecule has 0 aliphatic heterocycles. The number of carbonyl (C=O) groups is 1. The second-order valence-corrected chi connectivity index (χ2v) is 3.91. The Kier molecular flexibility index (Phi) is 5.19. The van der Waals surface area contributed by atoms with Crippen molar-refractivity contribution >= 4 is 17.5 Å². The maximum atomic E-state index is 11.1. The van der Waals surface area contributed by atoms with Gasteiger partial charge in [-0.1, -0.05) is 29.8 Å². The van der Waals surface area contributed by atoms with Crippen LogP contribution in [0.3, 0.4) is 0 Å². The van der Waals surface area contributed by atoms with Gasteiger partial charge in [-0.25, -0.2) is 0 Å². The highest BCUT2D eigenvalue weighted by molar-refractivity contribution is 6.18. The third-order valence-corrected chi connectivity index (χ3v) is 2.33. The van der Waals surface area contributed by atoms with Crippen LogP contribution in [0.25, 0.3) is 0 Å². The molecule has 2 nitrogen and oxygen atoms in total. The maximum Gasteiger partial charge on any atom is 0.221 e. The smallest absolute Gasteiger partial charge is 0.221 e. The minimum absolute atomic E-state index is 0.0256. The number of benzene rings is 1. The minimum atomic E-state index is 0.0256. The molecule has 0 radical (unpaired) electrons. The van der Waals surface area contributed by atoms with Crippen molar-refractivity contribution < 1.29 is 4.79 Å². The van der Waals surface area contributed by atoms with E-state index >= 15 is 0 Å². The van der Waals surface area contributed by atoms with Crippen LogP contribution in [0.15, 0.2) is 24.3 Å². The van der Waals surface area contributed by atoms with Gasteiger partial charge in [-0.2, -0.15) is 0 Å². The summed E-state index contributed by atoms with van der Waals surface area (Å²) < 4.78 is 0. The average molecular weight is 226 g/mol. The zero-order chi connectivity index (χ0) is 11.1. The van der Waals surface area contributed by atoms with Gasteiger partial charge >= 0.3 is 0 Å². The molecule has 1 aromatic rings. The van der Waals surface area contributed by atoms with Gasteiger partial charge in [-0.3, -0.25) is 4.79 Å². The van der Waals surface area contributed by atoms with Gasteiger partial charge in [0.1, 0.15) is 0 Å². The van der Waals surface area contributed by atoms with Crippen molar-refractivity contribution in [3.8, 4) is 0 Å². The maximum absolute atomic E-state index is 11.1. The summed E-state index contributed by atoms with van der Waals surface area (Å²) >= 11 is 5.45. The monoisotopic (exact) mass is 225 g/mol. The molecule has 0 fully saturated rings. The molecule has 1 N–H and O–H groups in total. The summed E-state index contributed by atoms with van der Waals surface area (Å²) in [6.45, 7) is 2.74. The van der Waals surface area contributed by atoms with Crippen LogP contribution in [0.4, 0.5) is 0 Å². The Hall–Kier alpha value is -1.02. The molecule has 1 rings (SSSR count). The number of carbonyl (C=O) groups excluding carboxylic acids is 1. The number of rotatable bonds is 5. The third-order valence-electron chi connectivity index (χ3n) is 2.14. The van der Waals surface area contributed by atoms with E-state index < -0.39 is 0 Å². The molecule has 0 spiro atoms. The number of amides is 1. The first-order valence-corrected chi connectivity index (χ1v) is 5.64. The number of alkyl halides is 1. The van der Waals surface area contributed by atoms with Crippen LogP contribution in [-0.2, 0) is 11.2 Å². The molecule has 0 saturated carbocycles. The van der Waals surface area contributed by atoms with Gasteiger partial charge in [0.2, 0.25) is 5.91 Å². The van der Waals surface area contributed by atoms with Crippen LogP contribution >= 0.6 is 11.6 Å². The van der Waals surface area contributed by atoms with Crippen molar-refractivity contribution in [2.24, 2.45) is 0 Å². The Bertz CT molecular complexity index is 325. The fourth-order valence-electron chi connectivity index (χ4n) is 1.39. The first-order chi connectivity index (χ1) is 7.22. The van der Waals surface area contributed by atoms with Crippen molar-refractivity contribution in [1.29, 1.82) is 0 Å². The number of aryl methyl sites for hydroxylation is 1. The molecule has 82 valence electrons. The summed E-state index contributed by atoms with van der Waals surface area (Å²) in [6.07, 6.45) is 1.27. The van der Waals surface area contributed by atoms with Gasteiger partial charge in [-0.15, -0.1) is 11.6 Å². The molecule has 1 amide bonds. The Balaban J connectivity index is 2.28. The van der Waals surface area contributed by atoms with E-state index in [2.05, 4.69) is 30.4 Å². The Morgan fingerprint density at radius 1 is 1.47 bits per heavy atom. The second kappa shape index (κ2) is 6.46. The van der Waals surface area contributed by atoms with E-state index in [1.807, 2.05) is 6.07 Å². The van der Waals surface area contributed by atoms with E-state index in [9.17, 15) is 4.79 Å². The van der Waals surface area contributed by atoms with E-state index in [0.717, 1.165) is 6.42 Å². The van der Waals surface area contributed by atoms with E-state index in [1.54, 1.807) is 0 Å². The molecule has 0 aliphatic rings. The van der Waals surface area contributed by atoms with Crippen LogP contribution in [-0.4, -0.2) is 18.3 Å². The van der Waals surface area contributed by atoms with Gasteiger partial charge in [-0.05, 0) is 18.9 Å². The van der Waals surface area contributed by atoms with Crippen LogP contribution in [0.1, 0.15) is 17.5 Å². The fourth-order valence-corrected chi connectivity index (χ4v) is 1.56. The minimum Gasteiger partial charge on any atom is -0.356 e. The third kappa shape index (κ3) is 4.84. The Morgan fingerprint density at radius 2 is 2.27 bits per heavy atom. The van der Waals surface area contributed by atoms with Crippen LogP contribution in [0.5, 0.6) is 0 Å². The van der Waals surface area contributed by atoms with Gasteiger partial charge in [0.05, 0.1) is 0 Å². The summed E-state index contributed by atoms with van der Waals surface area (Å²) in [7, 11) is 0. The highest BCUT2D eigenvalue weighted by Gasteiger charge is 1.99. The zero-order valence-electron chi connectivity index (χ0n) is 8.92. The number of nitrogens with one attached hydrogen (secondary N) is 1. The number of hydrogen-bond donors (Lipinski definition) is 1. The highest BCUT2D eigenvalue weighted by atomic mass is 35.5. The van der Waals surface area contributed by atoms with E-state index in [4.69, 9.17) is 11.6 Å². The molecule has 15 heavy (non-hydrogen) atoms. The van der Waals surface area contributed by atoms with Gasteiger partial charge in [0.15, 0.2) is 0 Å². The molecule has 0 bridgehead atoms. The molecule has 0 aliphatic carbocycles. The lowest BCUT2D eigenvalue weighted by Gasteiger charge is -2.04. The van der Waals surface area contributed by atoms with E-state index in [1.165, 1.54) is 11.1 Å². The summed E-state index contributed by atoms with van der Waals surface area (Å²) in [5.74, 6) is 0.411. The molecular formula is C12H16ClNO. The predicted octanol–water partition coefficient (Wildman–Crippen LogP) is 2.28. The van der Waals surface area contributed by atoms with Crippen molar-refractivity contribution in [3.05, 3.63) is 35.4 Å². The summed E-state index contributed by atoms with van der Waals surface area (Å²) in [6, 6.07) is 8.30. The van der Waals surface area contributed by atoms with Crippen LogP contribution in [0, 0.1) is 6.92 Å². The Morgan fingerprint density at radius 3 is 2.93 bits per heavy atom. The van der Waals surface area contributed by atoms with Crippen molar-refractivity contribution in [3.63, 3.8) is 0 Å². The SMILES string of the molecule is Cc1cccc(CCNC(=O)CCCl)c1. The molecular weight excluding hydrogens is 210 g/mol. The summed E-state index contributed by atoms with van der Waals surface area (Å²) in [5.41, 5.74) is 2.50. The first kappa shape index (κ1) is 12.1. The number of halogens is 1. The summed E-state index contributed by atoms with van der Waals surface area (Å²) in [5, 5.41) is 2.83. The lowest BCUT2D eigenvalue weighted by Crippen LogP contribution is -2.25. The van der Waals surface area contributed by atoms with Crippen molar-refractivity contribution in [1.82, 2.24) is 5.32 Å². The molecule has 0 unspecified atom stereocenters. The average Bonchev–Trinajstić information content (AvgIpc) is 2.18. The fraction of sp³-hybridized carbons (Fsp3) is 0.417. The van der Waals surface area contributed by atoms with Gasteiger partial charge in [0, 0.05) is 18.8 Å². The quantitative estimate of drug-likeness (QED) is 0.766. The largest absolute Gasteiger partial charge is 0.356 e. The number of hydrogen-bond acceptors (Lipinski definition) is 1. The van der Waals surface area contributed by atoms with Gasteiger partial charge < -0.3 is 5.32 Å². The Labute approximate surface area is 95.6 Å².